The molecule has 2 heterocycles. The third-order valence-corrected chi connectivity index (χ3v) is 5.49. The molecule has 1 aromatic heterocycles. The average Bonchev–Trinajstić information content (AvgIpc) is 2.92. The average molecular weight is 341 g/mol. The number of likely N-dealkylation sites (tertiary alicyclic amines) is 1. The lowest BCUT2D eigenvalue weighted by atomic mass is 9.96. The first kappa shape index (κ1) is 17.5. The molecule has 0 radical (unpaired) electrons. The molecule has 5 heteroatoms. The minimum Gasteiger partial charge on any atom is -0.369 e. The maximum Gasteiger partial charge on any atom is 0.270 e. The monoisotopic (exact) mass is 341 g/mol. The van der Waals surface area contributed by atoms with Crippen LogP contribution in [-0.4, -0.2) is 34.4 Å². The van der Waals surface area contributed by atoms with Gasteiger partial charge in [-0.15, -0.1) is 0 Å². The van der Waals surface area contributed by atoms with E-state index < -0.39 is 0 Å². The van der Waals surface area contributed by atoms with Crippen LogP contribution in [0.25, 0.3) is 10.9 Å². The summed E-state index contributed by atoms with van der Waals surface area (Å²) in [5.74, 6) is -0.288. The summed E-state index contributed by atoms with van der Waals surface area (Å²) in [6, 6.07) is 6.47. The molecule has 1 aromatic carbocycles. The summed E-state index contributed by atoms with van der Waals surface area (Å²) in [4.78, 5) is 26.4. The molecule has 1 fully saturated rings. The van der Waals surface area contributed by atoms with E-state index in [1.165, 1.54) is 5.56 Å². The van der Waals surface area contributed by atoms with Gasteiger partial charge in [0, 0.05) is 36.5 Å². The van der Waals surface area contributed by atoms with Gasteiger partial charge < -0.3 is 15.2 Å². The molecule has 25 heavy (non-hydrogen) atoms. The summed E-state index contributed by atoms with van der Waals surface area (Å²) in [6.07, 6.45) is 2.30. The summed E-state index contributed by atoms with van der Waals surface area (Å²) in [7, 11) is 0. The first-order valence-corrected chi connectivity index (χ1v) is 9.18. The molecule has 2 N–H and O–H groups in total. The molecule has 0 aliphatic carbocycles. The number of primary amides is 1. The molecule has 1 aliphatic heterocycles. The van der Waals surface area contributed by atoms with Gasteiger partial charge in [0.2, 0.25) is 5.91 Å². The zero-order valence-corrected chi connectivity index (χ0v) is 15.3. The van der Waals surface area contributed by atoms with Gasteiger partial charge in [-0.3, -0.25) is 9.59 Å². The van der Waals surface area contributed by atoms with Crippen molar-refractivity contribution in [2.75, 3.05) is 13.1 Å². The normalized spacial score (nSPS) is 15.7. The van der Waals surface area contributed by atoms with E-state index in [0.29, 0.717) is 25.9 Å². The van der Waals surface area contributed by atoms with E-state index in [0.717, 1.165) is 35.1 Å². The fourth-order valence-electron chi connectivity index (χ4n) is 3.91. The van der Waals surface area contributed by atoms with Crippen LogP contribution in [0.3, 0.4) is 0 Å². The van der Waals surface area contributed by atoms with Crippen LogP contribution in [-0.2, 0) is 17.8 Å². The predicted octanol–water partition coefficient (Wildman–Crippen LogP) is 2.87. The number of nitrogens with two attached hydrogens (primary N) is 1. The number of hydrogen-bond acceptors (Lipinski definition) is 2. The standard InChI is InChI=1S/C20H27N3O2/c1-4-14-6-7-17-16(12-14)13(3)18(23(17)5-2)20(25)22-10-8-15(9-11-22)19(21)24/h6-7,12,15H,4-5,8-11H2,1-3H3,(H2,21,24). The van der Waals surface area contributed by atoms with Crippen molar-refractivity contribution in [1.82, 2.24) is 9.47 Å². The SMILES string of the molecule is CCc1ccc2c(c1)c(C)c(C(=O)N1CCC(C(N)=O)CC1)n2CC. The molecular weight excluding hydrogens is 314 g/mol. The molecule has 3 rings (SSSR count). The summed E-state index contributed by atoms with van der Waals surface area (Å²) >= 11 is 0. The van der Waals surface area contributed by atoms with E-state index in [9.17, 15) is 9.59 Å². The highest BCUT2D eigenvalue weighted by molar-refractivity contribution is 6.02. The molecular formula is C20H27N3O2. The van der Waals surface area contributed by atoms with E-state index in [-0.39, 0.29) is 17.7 Å². The highest BCUT2D eigenvalue weighted by Crippen LogP contribution is 2.29. The summed E-state index contributed by atoms with van der Waals surface area (Å²) in [6.45, 7) is 8.20. The topological polar surface area (TPSA) is 68.3 Å². The largest absolute Gasteiger partial charge is 0.369 e. The Kier molecular flexibility index (Phi) is 4.84. The fraction of sp³-hybridized carbons (Fsp3) is 0.500. The van der Waals surface area contributed by atoms with E-state index in [2.05, 4.69) is 36.6 Å². The van der Waals surface area contributed by atoms with Crippen molar-refractivity contribution in [2.24, 2.45) is 11.7 Å². The number of aromatic nitrogens is 1. The Labute approximate surface area is 148 Å². The fourth-order valence-corrected chi connectivity index (χ4v) is 3.91. The number of benzene rings is 1. The highest BCUT2D eigenvalue weighted by atomic mass is 16.2. The Bertz CT molecular complexity index is 814. The van der Waals surface area contributed by atoms with E-state index in [1.807, 2.05) is 11.8 Å². The number of fused-ring (bicyclic) bond motifs is 1. The minimum absolute atomic E-state index is 0.0662. The molecule has 134 valence electrons. The van der Waals surface area contributed by atoms with Gasteiger partial charge in [0.1, 0.15) is 5.69 Å². The number of piperidine rings is 1. The summed E-state index contributed by atoms with van der Waals surface area (Å²) < 4.78 is 2.12. The summed E-state index contributed by atoms with van der Waals surface area (Å²) in [5.41, 5.74) is 9.63. The van der Waals surface area contributed by atoms with Gasteiger partial charge in [-0.1, -0.05) is 13.0 Å². The maximum atomic E-state index is 13.2. The second-order valence-electron chi connectivity index (χ2n) is 6.89. The third-order valence-electron chi connectivity index (χ3n) is 5.49. The van der Waals surface area contributed by atoms with Crippen LogP contribution in [0.2, 0.25) is 0 Å². The lowest BCUT2D eigenvalue weighted by Gasteiger charge is -2.31. The lowest BCUT2D eigenvalue weighted by molar-refractivity contribution is -0.123. The molecule has 1 aliphatic rings. The van der Waals surface area contributed by atoms with E-state index in [1.54, 1.807) is 0 Å². The lowest BCUT2D eigenvalue weighted by Crippen LogP contribution is -2.42. The van der Waals surface area contributed by atoms with Gasteiger partial charge in [-0.05, 0) is 56.4 Å². The van der Waals surface area contributed by atoms with Crippen LogP contribution in [0.4, 0.5) is 0 Å². The van der Waals surface area contributed by atoms with Gasteiger partial charge in [0.15, 0.2) is 0 Å². The van der Waals surface area contributed by atoms with Crippen LogP contribution in [0.15, 0.2) is 18.2 Å². The first-order valence-electron chi connectivity index (χ1n) is 9.18. The zero-order valence-electron chi connectivity index (χ0n) is 15.3. The van der Waals surface area contributed by atoms with Crippen molar-refractivity contribution in [1.29, 1.82) is 0 Å². The van der Waals surface area contributed by atoms with Crippen LogP contribution in [0, 0.1) is 12.8 Å². The number of hydrogen-bond donors (Lipinski definition) is 1. The van der Waals surface area contributed by atoms with Crippen molar-refractivity contribution in [3.63, 3.8) is 0 Å². The number of carbonyl (C=O) groups is 2. The molecule has 1 saturated heterocycles. The number of rotatable bonds is 4. The van der Waals surface area contributed by atoms with Crippen molar-refractivity contribution < 1.29 is 9.59 Å². The smallest absolute Gasteiger partial charge is 0.270 e. The Morgan fingerprint density at radius 3 is 2.44 bits per heavy atom. The quantitative estimate of drug-likeness (QED) is 0.929. The van der Waals surface area contributed by atoms with Gasteiger partial charge in [-0.2, -0.15) is 0 Å². The van der Waals surface area contributed by atoms with Crippen molar-refractivity contribution >= 4 is 22.7 Å². The number of amides is 2. The predicted molar refractivity (Wildman–Crippen MR) is 99.5 cm³/mol. The molecule has 0 saturated carbocycles. The zero-order chi connectivity index (χ0) is 18.1. The molecule has 0 bridgehead atoms. The van der Waals surface area contributed by atoms with Crippen LogP contribution in [0.5, 0.6) is 0 Å². The van der Waals surface area contributed by atoms with Crippen LogP contribution in [0.1, 0.15) is 48.3 Å². The minimum atomic E-state index is -0.252. The Hall–Kier alpha value is -2.30. The first-order chi connectivity index (χ1) is 12.0. The van der Waals surface area contributed by atoms with Crippen molar-refractivity contribution in [3.05, 3.63) is 35.0 Å². The van der Waals surface area contributed by atoms with Gasteiger partial charge >= 0.3 is 0 Å². The third kappa shape index (κ3) is 3.03. The van der Waals surface area contributed by atoms with Crippen LogP contribution < -0.4 is 5.73 Å². The summed E-state index contributed by atoms with van der Waals surface area (Å²) in [5, 5.41) is 1.16. The van der Waals surface area contributed by atoms with Crippen molar-refractivity contribution in [3.8, 4) is 0 Å². The number of carbonyl (C=O) groups excluding carboxylic acids is 2. The molecule has 2 aromatic rings. The molecule has 2 amide bonds. The second kappa shape index (κ2) is 6.90. The molecule has 0 atom stereocenters. The van der Waals surface area contributed by atoms with E-state index >= 15 is 0 Å². The van der Waals surface area contributed by atoms with Crippen LogP contribution >= 0.6 is 0 Å². The Balaban J connectivity index is 1.96. The Morgan fingerprint density at radius 1 is 1.20 bits per heavy atom. The number of nitrogens with zero attached hydrogens (tertiary/aromatic N) is 2. The molecule has 0 spiro atoms. The van der Waals surface area contributed by atoms with Crippen molar-refractivity contribution in [2.45, 2.75) is 46.6 Å². The number of aryl methyl sites for hydroxylation is 3. The van der Waals surface area contributed by atoms with Gasteiger partial charge in [-0.25, -0.2) is 0 Å². The van der Waals surface area contributed by atoms with E-state index in [4.69, 9.17) is 5.73 Å². The van der Waals surface area contributed by atoms with Gasteiger partial charge in [0.05, 0.1) is 0 Å². The maximum absolute atomic E-state index is 13.2. The molecule has 0 unspecified atom stereocenters. The second-order valence-corrected chi connectivity index (χ2v) is 6.89. The molecule has 5 nitrogen and oxygen atoms in total. The van der Waals surface area contributed by atoms with Gasteiger partial charge in [0.25, 0.3) is 5.91 Å². The Morgan fingerprint density at radius 2 is 1.88 bits per heavy atom. The highest BCUT2D eigenvalue weighted by Gasteiger charge is 2.29.